The van der Waals surface area contributed by atoms with Crippen molar-refractivity contribution < 1.29 is 20.2 Å². The summed E-state index contributed by atoms with van der Waals surface area (Å²) in [4.78, 5) is 18.3. The maximum atomic E-state index is 11.2. The van der Waals surface area contributed by atoms with E-state index in [0.29, 0.717) is 0 Å². The predicted octanol–water partition coefficient (Wildman–Crippen LogP) is -0.883. The van der Waals surface area contributed by atoms with Gasteiger partial charge in [-0.3, -0.25) is 10.1 Å². The van der Waals surface area contributed by atoms with Crippen molar-refractivity contribution in [2.45, 2.75) is 18.2 Å². The molecule has 0 unspecified atom stereocenters. The molecular formula is C12H13N5O5. The first-order chi connectivity index (χ1) is 10.5. The van der Waals surface area contributed by atoms with Crippen LogP contribution in [0.3, 0.4) is 0 Å². The summed E-state index contributed by atoms with van der Waals surface area (Å²) in [5, 5.41) is 40.4. The van der Waals surface area contributed by atoms with Crippen LogP contribution in [0.15, 0.2) is 24.2 Å². The van der Waals surface area contributed by atoms with Gasteiger partial charge >= 0.3 is 0 Å². The highest BCUT2D eigenvalue weighted by atomic mass is 16.6. The van der Waals surface area contributed by atoms with Gasteiger partial charge in [0.05, 0.1) is 23.8 Å². The van der Waals surface area contributed by atoms with Crippen LogP contribution in [0.1, 0.15) is 6.04 Å². The van der Waals surface area contributed by atoms with Crippen LogP contribution in [-0.4, -0.2) is 53.6 Å². The van der Waals surface area contributed by atoms with Crippen molar-refractivity contribution in [3.8, 4) is 0 Å². The zero-order valence-corrected chi connectivity index (χ0v) is 11.2. The summed E-state index contributed by atoms with van der Waals surface area (Å²) in [6.07, 6.45) is 1.30. The highest BCUT2D eigenvalue weighted by Crippen LogP contribution is 2.37. The van der Waals surface area contributed by atoms with Crippen LogP contribution < -0.4 is 5.73 Å². The third-order valence-electron chi connectivity index (χ3n) is 3.76. The minimum atomic E-state index is -1.26. The molecule has 0 radical (unpaired) electrons. The molecule has 10 nitrogen and oxygen atoms in total. The van der Waals surface area contributed by atoms with Crippen molar-refractivity contribution in [2.75, 3.05) is 12.3 Å². The molecule has 3 atom stereocenters. The maximum Gasteiger partial charge on any atom is 0.300 e. The van der Waals surface area contributed by atoms with Crippen LogP contribution in [0.2, 0.25) is 0 Å². The maximum absolute atomic E-state index is 11.2. The Balaban J connectivity index is 2.23. The highest BCUT2D eigenvalue weighted by molar-refractivity contribution is 5.95. The summed E-state index contributed by atoms with van der Waals surface area (Å²) in [7, 11) is 0. The summed E-state index contributed by atoms with van der Waals surface area (Å²) < 4.78 is 1.35. The first kappa shape index (κ1) is 14.4. The quantitative estimate of drug-likeness (QED) is 0.323. The first-order valence-electron chi connectivity index (χ1n) is 6.38. The summed E-state index contributed by atoms with van der Waals surface area (Å²) >= 11 is 0. The van der Waals surface area contributed by atoms with E-state index < -0.39 is 29.8 Å². The molecule has 116 valence electrons. The van der Waals surface area contributed by atoms with Crippen molar-refractivity contribution in [1.82, 2.24) is 14.5 Å². The number of nitrogen functional groups attached to an aromatic ring is 1. The van der Waals surface area contributed by atoms with Gasteiger partial charge in [0.25, 0.3) is 5.69 Å². The number of nitro groups is 1. The number of rotatable bonds is 3. The van der Waals surface area contributed by atoms with Crippen molar-refractivity contribution in [3.05, 3.63) is 34.3 Å². The van der Waals surface area contributed by atoms with Gasteiger partial charge in [-0.1, -0.05) is 6.08 Å². The normalized spacial score (nSPS) is 24.7. The molecule has 0 spiro atoms. The molecule has 10 heteroatoms. The number of nitrogens with two attached hydrogens (primary N) is 1. The third kappa shape index (κ3) is 1.93. The van der Waals surface area contributed by atoms with E-state index in [2.05, 4.69) is 9.97 Å². The molecule has 2 heterocycles. The Hall–Kier alpha value is -2.56. The Morgan fingerprint density at radius 3 is 2.73 bits per heavy atom. The standard InChI is InChI=1S/C12H13N5O5/c13-11-8-7(17(21)22)2-16(12(8)15-4-14-11)6-1-5(3-18)9(19)10(6)20/h1-2,4,6,9-10,18-20H,3H2,(H2,13,14,15)/t6-,9-,10+/m1/s1. The second-order valence-electron chi connectivity index (χ2n) is 4.96. The largest absolute Gasteiger partial charge is 0.392 e. The molecular weight excluding hydrogens is 294 g/mol. The average Bonchev–Trinajstić information content (AvgIpc) is 3.00. The first-order valence-corrected chi connectivity index (χ1v) is 6.38. The van der Waals surface area contributed by atoms with E-state index >= 15 is 0 Å². The number of aliphatic hydroxyl groups excluding tert-OH is 3. The number of hydrogen-bond acceptors (Lipinski definition) is 8. The lowest BCUT2D eigenvalue weighted by atomic mass is 10.1. The fourth-order valence-corrected chi connectivity index (χ4v) is 2.67. The summed E-state index contributed by atoms with van der Waals surface area (Å²) in [6.45, 7) is -0.423. The molecule has 0 aliphatic heterocycles. The van der Waals surface area contributed by atoms with E-state index in [1.165, 1.54) is 16.8 Å². The van der Waals surface area contributed by atoms with Crippen LogP contribution in [0.5, 0.6) is 0 Å². The van der Waals surface area contributed by atoms with Gasteiger partial charge in [0.2, 0.25) is 0 Å². The second kappa shape index (κ2) is 5.02. The lowest BCUT2D eigenvalue weighted by Crippen LogP contribution is -2.30. The molecule has 1 aliphatic carbocycles. The molecule has 2 aromatic heterocycles. The molecule has 0 bridgehead atoms. The number of nitrogens with zero attached hydrogens (tertiary/aromatic N) is 4. The molecule has 0 saturated heterocycles. The Labute approximate surface area is 123 Å². The van der Waals surface area contributed by atoms with E-state index in [-0.39, 0.29) is 28.1 Å². The zero-order chi connectivity index (χ0) is 16.0. The number of fused-ring (bicyclic) bond motifs is 1. The van der Waals surface area contributed by atoms with E-state index in [9.17, 15) is 20.3 Å². The average molecular weight is 307 g/mol. The van der Waals surface area contributed by atoms with Crippen LogP contribution in [0.4, 0.5) is 11.5 Å². The van der Waals surface area contributed by atoms with Gasteiger partial charge < -0.3 is 25.6 Å². The van der Waals surface area contributed by atoms with Gasteiger partial charge in [-0.2, -0.15) is 0 Å². The lowest BCUT2D eigenvalue weighted by Gasteiger charge is -2.18. The molecule has 5 N–H and O–H groups in total. The Kier molecular flexibility index (Phi) is 3.28. The van der Waals surface area contributed by atoms with Crippen LogP contribution in [0, 0.1) is 10.1 Å². The molecule has 0 saturated carbocycles. The Morgan fingerprint density at radius 2 is 2.14 bits per heavy atom. The highest BCUT2D eigenvalue weighted by Gasteiger charge is 2.37. The van der Waals surface area contributed by atoms with Gasteiger partial charge in [0.15, 0.2) is 5.65 Å². The van der Waals surface area contributed by atoms with E-state index in [1.54, 1.807) is 0 Å². The summed E-state index contributed by atoms with van der Waals surface area (Å²) in [6, 6.07) is -0.803. The monoisotopic (exact) mass is 307 g/mol. The van der Waals surface area contributed by atoms with E-state index in [1.807, 2.05) is 0 Å². The van der Waals surface area contributed by atoms with Crippen molar-refractivity contribution >= 4 is 22.5 Å². The number of aliphatic hydroxyl groups is 3. The van der Waals surface area contributed by atoms with Gasteiger partial charge in [-0.05, 0) is 5.57 Å². The van der Waals surface area contributed by atoms with Gasteiger partial charge in [-0.25, -0.2) is 9.97 Å². The minimum absolute atomic E-state index is 0.0464. The third-order valence-corrected chi connectivity index (χ3v) is 3.76. The Bertz CT molecular complexity index is 786. The van der Waals surface area contributed by atoms with Gasteiger partial charge in [-0.15, -0.1) is 0 Å². The minimum Gasteiger partial charge on any atom is -0.392 e. The van der Waals surface area contributed by atoms with Crippen LogP contribution in [-0.2, 0) is 0 Å². The van der Waals surface area contributed by atoms with Crippen LogP contribution in [0.25, 0.3) is 11.0 Å². The fourth-order valence-electron chi connectivity index (χ4n) is 2.67. The van der Waals surface area contributed by atoms with Crippen molar-refractivity contribution in [1.29, 1.82) is 0 Å². The van der Waals surface area contributed by atoms with Gasteiger partial charge in [0, 0.05) is 0 Å². The SMILES string of the molecule is Nc1ncnc2c1c([N+](=O)[O-])cn2[C@@H]1C=C(CO)[C@@H](O)[C@H]1O. The number of aromatic nitrogens is 3. The lowest BCUT2D eigenvalue weighted by molar-refractivity contribution is -0.383. The molecule has 1 aliphatic rings. The van der Waals surface area contributed by atoms with Crippen molar-refractivity contribution in [3.63, 3.8) is 0 Å². The number of hydrogen-bond donors (Lipinski definition) is 4. The van der Waals surface area contributed by atoms with Crippen molar-refractivity contribution in [2.24, 2.45) is 0 Å². The second-order valence-corrected chi connectivity index (χ2v) is 4.96. The van der Waals surface area contributed by atoms with Gasteiger partial charge in [0.1, 0.15) is 29.7 Å². The molecule has 0 aromatic carbocycles. The molecule has 0 amide bonds. The molecule has 0 fully saturated rings. The predicted molar refractivity (Wildman–Crippen MR) is 74.8 cm³/mol. The van der Waals surface area contributed by atoms with E-state index in [4.69, 9.17) is 10.8 Å². The zero-order valence-electron chi connectivity index (χ0n) is 11.2. The topological polar surface area (TPSA) is 161 Å². The summed E-state index contributed by atoms with van der Waals surface area (Å²) in [5.41, 5.74) is 5.81. The van der Waals surface area contributed by atoms with E-state index in [0.717, 1.165) is 6.33 Å². The summed E-state index contributed by atoms with van der Waals surface area (Å²) in [5.74, 6) is -0.0464. The Morgan fingerprint density at radius 1 is 1.41 bits per heavy atom. The number of anilines is 1. The fraction of sp³-hybridized carbons (Fsp3) is 0.333. The molecule has 2 aromatic rings. The molecule has 22 heavy (non-hydrogen) atoms. The smallest absolute Gasteiger partial charge is 0.300 e. The molecule has 3 rings (SSSR count). The van der Waals surface area contributed by atoms with Crippen LogP contribution >= 0.6 is 0 Å².